The fourth-order valence-corrected chi connectivity index (χ4v) is 2.77. The highest BCUT2D eigenvalue weighted by molar-refractivity contribution is 6.03. The van der Waals surface area contributed by atoms with Gasteiger partial charge in [0.05, 0.1) is 14.2 Å². The van der Waals surface area contributed by atoms with Crippen LogP contribution in [-0.4, -0.2) is 36.6 Å². The fraction of sp³-hybridized carbons (Fsp3) is 0.227. The van der Waals surface area contributed by atoms with Crippen LogP contribution in [0.3, 0.4) is 0 Å². The monoisotopic (exact) mass is 392 g/mol. The van der Waals surface area contributed by atoms with Crippen LogP contribution in [0.5, 0.6) is 11.5 Å². The molecule has 1 amide bonds. The predicted octanol–water partition coefficient (Wildman–Crippen LogP) is 3.71. The van der Waals surface area contributed by atoms with Crippen LogP contribution in [0.1, 0.15) is 21.7 Å². The van der Waals surface area contributed by atoms with Crippen molar-refractivity contribution < 1.29 is 14.3 Å². The molecule has 0 bridgehead atoms. The third-order valence-electron chi connectivity index (χ3n) is 4.27. The summed E-state index contributed by atoms with van der Waals surface area (Å²) >= 11 is 0. The zero-order valence-electron chi connectivity index (χ0n) is 16.7. The second-order valence-electron chi connectivity index (χ2n) is 6.43. The van der Waals surface area contributed by atoms with E-state index in [0.717, 1.165) is 12.2 Å². The molecular formula is C22H24N4O3. The molecule has 0 unspecified atom stereocenters. The highest BCUT2D eigenvalue weighted by atomic mass is 16.5. The van der Waals surface area contributed by atoms with E-state index in [1.54, 1.807) is 32.4 Å². The lowest BCUT2D eigenvalue weighted by atomic mass is 10.1. The summed E-state index contributed by atoms with van der Waals surface area (Å²) in [7, 11) is 3.23. The van der Waals surface area contributed by atoms with Crippen LogP contribution in [0.2, 0.25) is 0 Å². The number of nitrogens with one attached hydrogen (secondary N) is 2. The molecule has 3 aromatic rings. The molecule has 0 aliphatic heterocycles. The molecule has 3 rings (SSSR count). The molecule has 2 aromatic carbocycles. The Morgan fingerprint density at radius 2 is 1.72 bits per heavy atom. The van der Waals surface area contributed by atoms with Crippen molar-refractivity contribution in [3.05, 3.63) is 71.5 Å². The first-order chi connectivity index (χ1) is 14.1. The summed E-state index contributed by atoms with van der Waals surface area (Å²) < 4.78 is 10.3. The molecule has 0 aliphatic carbocycles. The third-order valence-corrected chi connectivity index (χ3v) is 4.27. The van der Waals surface area contributed by atoms with Crippen LogP contribution >= 0.6 is 0 Å². The van der Waals surface area contributed by atoms with Crippen LogP contribution in [0.25, 0.3) is 0 Å². The molecule has 0 saturated heterocycles. The van der Waals surface area contributed by atoms with E-state index in [1.165, 1.54) is 5.56 Å². The predicted molar refractivity (Wildman–Crippen MR) is 113 cm³/mol. The number of hydrogen-bond donors (Lipinski definition) is 2. The maximum Gasteiger partial charge on any atom is 0.274 e. The number of anilines is 2. The molecule has 1 heterocycles. The molecule has 0 radical (unpaired) electrons. The Bertz CT molecular complexity index is 974. The number of benzene rings is 2. The van der Waals surface area contributed by atoms with E-state index in [9.17, 15) is 4.79 Å². The smallest absolute Gasteiger partial charge is 0.274 e. The SMILES string of the molecule is COc1ccc(CCNc2nc(C)cc(C(=O)Nc3cccc(OC)c3)n2)cc1. The van der Waals surface area contributed by atoms with Gasteiger partial charge in [-0.25, -0.2) is 9.97 Å². The van der Waals surface area contributed by atoms with Crippen molar-refractivity contribution in [3.63, 3.8) is 0 Å². The van der Waals surface area contributed by atoms with Crippen LogP contribution in [0.4, 0.5) is 11.6 Å². The molecule has 0 atom stereocenters. The number of carbonyl (C=O) groups excluding carboxylic acids is 1. The Morgan fingerprint density at radius 3 is 2.45 bits per heavy atom. The fourth-order valence-electron chi connectivity index (χ4n) is 2.77. The zero-order valence-corrected chi connectivity index (χ0v) is 16.7. The topological polar surface area (TPSA) is 85.4 Å². The third kappa shape index (κ3) is 5.68. The van der Waals surface area contributed by atoms with Crippen molar-refractivity contribution in [2.75, 3.05) is 31.4 Å². The van der Waals surface area contributed by atoms with Gasteiger partial charge in [0.15, 0.2) is 0 Å². The van der Waals surface area contributed by atoms with Crippen molar-refractivity contribution in [2.24, 2.45) is 0 Å². The quantitative estimate of drug-likeness (QED) is 0.608. The molecule has 29 heavy (non-hydrogen) atoms. The number of ether oxygens (including phenoxy) is 2. The average Bonchev–Trinajstić information content (AvgIpc) is 2.74. The summed E-state index contributed by atoms with van der Waals surface area (Å²) in [6.07, 6.45) is 0.798. The van der Waals surface area contributed by atoms with Gasteiger partial charge in [-0.1, -0.05) is 18.2 Å². The van der Waals surface area contributed by atoms with Gasteiger partial charge in [-0.2, -0.15) is 0 Å². The summed E-state index contributed by atoms with van der Waals surface area (Å²) in [5.41, 5.74) is 2.82. The highest BCUT2D eigenvalue weighted by Gasteiger charge is 2.11. The number of amides is 1. The van der Waals surface area contributed by atoms with E-state index < -0.39 is 0 Å². The van der Waals surface area contributed by atoms with Crippen molar-refractivity contribution in [1.29, 1.82) is 0 Å². The number of aromatic nitrogens is 2. The maximum absolute atomic E-state index is 12.6. The van der Waals surface area contributed by atoms with E-state index in [1.807, 2.05) is 43.3 Å². The van der Waals surface area contributed by atoms with Gasteiger partial charge in [0.2, 0.25) is 5.95 Å². The summed E-state index contributed by atoms with van der Waals surface area (Å²) in [5.74, 6) is 1.62. The molecule has 0 spiro atoms. The summed E-state index contributed by atoms with van der Waals surface area (Å²) in [6, 6.07) is 16.7. The average molecular weight is 392 g/mol. The minimum atomic E-state index is -0.304. The van der Waals surface area contributed by atoms with E-state index in [0.29, 0.717) is 35.3 Å². The first kappa shape index (κ1) is 20.1. The standard InChI is InChI=1S/C22H24N4O3/c1-15-13-20(21(27)25-17-5-4-6-19(14-17)29-3)26-22(24-15)23-12-11-16-7-9-18(28-2)10-8-16/h4-10,13-14H,11-12H2,1-3H3,(H,25,27)(H,23,24,26). The van der Waals surface area contributed by atoms with Gasteiger partial charge in [-0.15, -0.1) is 0 Å². The first-order valence-electron chi connectivity index (χ1n) is 9.25. The Balaban J connectivity index is 1.62. The number of nitrogens with zero attached hydrogens (tertiary/aromatic N) is 2. The number of methoxy groups -OCH3 is 2. The molecule has 0 saturated carbocycles. The van der Waals surface area contributed by atoms with Crippen LogP contribution < -0.4 is 20.1 Å². The lowest BCUT2D eigenvalue weighted by molar-refractivity contribution is 0.102. The van der Waals surface area contributed by atoms with Crippen molar-refractivity contribution in [2.45, 2.75) is 13.3 Å². The zero-order chi connectivity index (χ0) is 20.6. The van der Waals surface area contributed by atoms with E-state index in [4.69, 9.17) is 9.47 Å². The van der Waals surface area contributed by atoms with Gasteiger partial charge in [-0.3, -0.25) is 4.79 Å². The van der Waals surface area contributed by atoms with Crippen molar-refractivity contribution in [1.82, 2.24) is 9.97 Å². The summed E-state index contributed by atoms with van der Waals surface area (Å²) in [4.78, 5) is 21.3. The van der Waals surface area contributed by atoms with Gasteiger partial charge in [0.25, 0.3) is 5.91 Å². The van der Waals surface area contributed by atoms with E-state index in [-0.39, 0.29) is 5.91 Å². The molecule has 150 valence electrons. The van der Waals surface area contributed by atoms with Gasteiger partial charge in [0.1, 0.15) is 17.2 Å². The number of aryl methyl sites for hydroxylation is 1. The van der Waals surface area contributed by atoms with E-state index in [2.05, 4.69) is 20.6 Å². The lowest BCUT2D eigenvalue weighted by Crippen LogP contribution is -2.17. The second kappa shape index (κ2) is 9.54. The summed E-state index contributed by atoms with van der Waals surface area (Å²) in [6.45, 7) is 2.48. The Hall–Kier alpha value is -3.61. The molecule has 0 fully saturated rings. The van der Waals surface area contributed by atoms with Gasteiger partial charge >= 0.3 is 0 Å². The molecule has 0 aliphatic rings. The molecule has 1 aromatic heterocycles. The van der Waals surface area contributed by atoms with Crippen LogP contribution in [0.15, 0.2) is 54.6 Å². The van der Waals surface area contributed by atoms with Crippen LogP contribution in [-0.2, 0) is 6.42 Å². The second-order valence-corrected chi connectivity index (χ2v) is 6.43. The molecular weight excluding hydrogens is 368 g/mol. The van der Waals surface area contributed by atoms with Gasteiger partial charge < -0.3 is 20.1 Å². The molecule has 2 N–H and O–H groups in total. The van der Waals surface area contributed by atoms with Gasteiger partial charge in [-0.05, 0) is 49.2 Å². The number of hydrogen-bond acceptors (Lipinski definition) is 6. The van der Waals surface area contributed by atoms with Crippen LogP contribution in [0, 0.1) is 6.92 Å². The first-order valence-corrected chi connectivity index (χ1v) is 9.25. The van der Waals surface area contributed by atoms with Gasteiger partial charge in [0, 0.05) is 24.0 Å². The van der Waals surface area contributed by atoms with Crippen molar-refractivity contribution in [3.8, 4) is 11.5 Å². The minimum Gasteiger partial charge on any atom is -0.497 e. The number of rotatable bonds is 8. The molecule has 7 nitrogen and oxygen atoms in total. The Kier molecular flexibility index (Phi) is 6.63. The highest BCUT2D eigenvalue weighted by Crippen LogP contribution is 2.18. The Morgan fingerprint density at radius 1 is 0.966 bits per heavy atom. The van der Waals surface area contributed by atoms with Crippen molar-refractivity contribution >= 4 is 17.5 Å². The Labute approximate surface area is 170 Å². The maximum atomic E-state index is 12.6. The lowest BCUT2D eigenvalue weighted by Gasteiger charge is -2.10. The number of carbonyl (C=O) groups is 1. The largest absolute Gasteiger partial charge is 0.497 e. The summed E-state index contributed by atoms with van der Waals surface area (Å²) in [5, 5.41) is 6.02. The molecule has 7 heteroatoms. The normalized spacial score (nSPS) is 10.3. The minimum absolute atomic E-state index is 0.298. The van der Waals surface area contributed by atoms with E-state index >= 15 is 0 Å².